The molecule has 0 radical (unpaired) electrons. The average Bonchev–Trinajstić information content (AvgIpc) is 2.86. The molecule has 0 aromatic heterocycles. The number of anilines is 2. The van der Waals surface area contributed by atoms with Gasteiger partial charge in [0.1, 0.15) is 11.5 Å². The monoisotopic (exact) mass is 476 g/mol. The number of carboxylic acid groups (broad SMARTS) is 1. The Bertz CT molecular complexity index is 1090. The lowest BCUT2D eigenvalue weighted by atomic mass is 10.1. The van der Waals surface area contributed by atoms with Crippen molar-refractivity contribution in [3.8, 4) is 11.5 Å². The van der Waals surface area contributed by atoms with Gasteiger partial charge < -0.3 is 25.2 Å². The lowest BCUT2D eigenvalue weighted by molar-refractivity contribution is 0.0696. The first-order valence-corrected chi connectivity index (χ1v) is 11.4. The van der Waals surface area contributed by atoms with Crippen molar-refractivity contribution in [1.29, 1.82) is 0 Å². The molecule has 182 valence electrons. The van der Waals surface area contributed by atoms with Gasteiger partial charge in [0, 0.05) is 22.5 Å². The molecule has 0 bridgehead atoms. The second-order valence-electron chi connectivity index (χ2n) is 7.76. The molecule has 0 aliphatic carbocycles. The highest BCUT2D eigenvalue weighted by molar-refractivity contribution is 6.07. The lowest BCUT2D eigenvalue weighted by Gasteiger charge is -2.12. The Kier molecular flexibility index (Phi) is 8.83. The van der Waals surface area contributed by atoms with Crippen molar-refractivity contribution in [2.45, 2.75) is 26.7 Å². The van der Waals surface area contributed by atoms with Gasteiger partial charge in [-0.3, -0.25) is 9.59 Å². The molecular formula is C27H28N2O6. The average molecular weight is 477 g/mol. The molecule has 0 fully saturated rings. The molecule has 8 heteroatoms. The van der Waals surface area contributed by atoms with E-state index in [1.807, 2.05) is 13.8 Å². The number of nitrogens with one attached hydrogen (secondary N) is 2. The summed E-state index contributed by atoms with van der Waals surface area (Å²) in [5.41, 5.74) is 1.15. The molecule has 0 unspecified atom stereocenters. The number of aromatic carboxylic acids is 1. The molecule has 0 saturated heterocycles. The van der Waals surface area contributed by atoms with Gasteiger partial charge in [0.25, 0.3) is 11.8 Å². The van der Waals surface area contributed by atoms with Crippen molar-refractivity contribution in [2.24, 2.45) is 0 Å². The van der Waals surface area contributed by atoms with E-state index in [-0.39, 0.29) is 16.9 Å². The van der Waals surface area contributed by atoms with Crippen LogP contribution >= 0.6 is 0 Å². The van der Waals surface area contributed by atoms with Crippen molar-refractivity contribution >= 4 is 29.2 Å². The predicted octanol–water partition coefficient (Wildman–Crippen LogP) is 5.47. The third-order valence-electron chi connectivity index (χ3n) is 4.87. The summed E-state index contributed by atoms with van der Waals surface area (Å²) in [7, 11) is 0. The van der Waals surface area contributed by atoms with Crippen LogP contribution in [-0.4, -0.2) is 36.1 Å². The molecule has 0 spiro atoms. The van der Waals surface area contributed by atoms with Crippen LogP contribution in [0.4, 0.5) is 11.4 Å². The summed E-state index contributed by atoms with van der Waals surface area (Å²) in [5, 5.41) is 14.9. The van der Waals surface area contributed by atoms with Crippen molar-refractivity contribution < 1.29 is 29.0 Å². The first kappa shape index (κ1) is 25.3. The fourth-order valence-corrected chi connectivity index (χ4v) is 3.15. The van der Waals surface area contributed by atoms with Crippen LogP contribution < -0.4 is 20.1 Å². The number of hydrogen-bond donors (Lipinski definition) is 3. The van der Waals surface area contributed by atoms with Gasteiger partial charge in [0.15, 0.2) is 0 Å². The fourth-order valence-electron chi connectivity index (χ4n) is 3.15. The molecule has 35 heavy (non-hydrogen) atoms. The Morgan fingerprint density at radius 3 is 1.40 bits per heavy atom. The number of carbonyl (C=O) groups excluding carboxylic acids is 2. The number of ether oxygens (including phenoxy) is 2. The zero-order valence-electron chi connectivity index (χ0n) is 19.7. The van der Waals surface area contributed by atoms with Gasteiger partial charge >= 0.3 is 5.97 Å². The topological polar surface area (TPSA) is 114 Å². The zero-order chi connectivity index (χ0) is 25.2. The van der Waals surface area contributed by atoms with Gasteiger partial charge in [-0.25, -0.2) is 4.79 Å². The Balaban J connectivity index is 1.73. The Morgan fingerprint density at radius 1 is 0.657 bits per heavy atom. The maximum absolute atomic E-state index is 12.7. The van der Waals surface area contributed by atoms with Crippen LogP contribution in [-0.2, 0) is 0 Å². The van der Waals surface area contributed by atoms with E-state index in [4.69, 9.17) is 9.47 Å². The van der Waals surface area contributed by atoms with Gasteiger partial charge in [0.2, 0.25) is 0 Å². The molecule has 3 aromatic carbocycles. The second-order valence-corrected chi connectivity index (χ2v) is 7.76. The van der Waals surface area contributed by atoms with E-state index in [0.717, 1.165) is 12.8 Å². The number of carbonyl (C=O) groups is 3. The maximum Gasteiger partial charge on any atom is 0.335 e. The third-order valence-corrected chi connectivity index (χ3v) is 4.87. The smallest absolute Gasteiger partial charge is 0.335 e. The van der Waals surface area contributed by atoms with E-state index < -0.39 is 17.8 Å². The van der Waals surface area contributed by atoms with Crippen molar-refractivity contribution in [3.05, 3.63) is 83.4 Å². The summed E-state index contributed by atoms with van der Waals surface area (Å²) in [5.74, 6) is -0.715. The summed E-state index contributed by atoms with van der Waals surface area (Å²) < 4.78 is 11.0. The summed E-state index contributed by atoms with van der Waals surface area (Å²) in [6.07, 6.45) is 1.75. The predicted molar refractivity (Wildman–Crippen MR) is 134 cm³/mol. The van der Waals surface area contributed by atoms with Crippen LogP contribution in [0.25, 0.3) is 0 Å². The minimum absolute atomic E-state index is 0.0790. The van der Waals surface area contributed by atoms with Gasteiger partial charge in [-0.05, 0) is 79.6 Å². The minimum Gasteiger partial charge on any atom is -0.494 e. The summed E-state index contributed by atoms with van der Waals surface area (Å²) in [6, 6.07) is 17.4. The minimum atomic E-state index is -1.19. The highest BCUT2D eigenvalue weighted by Crippen LogP contribution is 2.22. The van der Waals surface area contributed by atoms with Gasteiger partial charge in [0.05, 0.1) is 18.8 Å². The molecule has 0 atom stereocenters. The van der Waals surface area contributed by atoms with Crippen LogP contribution in [0.5, 0.6) is 11.5 Å². The molecule has 0 aliphatic rings. The SMILES string of the molecule is CCCOc1ccc(C(=O)Nc2cc(NC(=O)c3ccc(OCCC)cc3)cc(C(=O)O)c2)cc1. The molecule has 2 amide bonds. The van der Waals surface area contributed by atoms with Crippen LogP contribution in [0.2, 0.25) is 0 Å². The highest BCUT2D eigenvalue weighted by atomic mass is 16.5. The molecule has 8 nitrogen and oxygen atoms in total. The largest absolute Gasteiger partial charge is 0.494 e. The number of benzene rings is 3. The summed E-state index contributed by atoms with van der Waals surface area (Å²) >= 11 is 0. The fraction of sp³-hybridized carbons (Fsp3) is 0.222. The molecule has 0 aliphatic heterocycles. The van der Waals surface area contributed by atoms with E-state index in [0.29, 0.717) is 35.8 Å². The number of carboxylic acids is 1. The molecule has 3 aromatic rings. The first-order valence-electron chi connectivity index (χ1n) is 11.4. The van der Waals surface area contributed by atoms with Gasteiger partial charge in [-0.2, -0.15) is 0 Å². The number of hydrogen-bond acceptors (Lipinski definition) is 5. The van der Waals surface area contributed by atoms with E-state index in [9.17, 15) is 19.5 Å². The van der Waals surface area contributed by atoms with Crippen LogP contribution in [0.3, 0.4) is 0 Å². The number of rotatable bonds is 11. The van der Waals surface area contributed by atoms with Crippen LogP contribution in [0.1, 0.15) is 57.8 Å². The Labute approximate surface area is 203 Å². The molecule has 3 N–H and O–H groups in total. The Hall–Kier alpha value is -4.33. The van der Waals surface area contributed by atoms with Gasteiger partial charge in [-0.15, -0.1) is 0 Å². The van der Waals surface area contributed by atoms with Crippen LogP contribution in [0.15, 0.2) is 66.7 Å². The molecular weight excluding hydrogens is 448 g/mol. The molecule has 0 heterocycles. The summed E-state index contributed by atoms with van der Waals surface area (Å²) in [4.78, 5) is 37.0. The third kappa shape index (κ3) is 7.33. The quantitative estimate of drug-likeness (QED) is 0.338. The maximum atomic E-state index is 12.7. The van der Waals surface area contributed by atoms with Crippen molar-refractivity contribution in [3.63, 3.8) is 0 Å². The van der Waals surface area contributed by atoms with Crippen molar-refractivity contribution in [2.75, 3.05) is 23.8 Å². The van der Waals surface area contributed by atoms with Crippen molar-refractivity contribution in [1.82, 2.24) is 0 Å². The zero-order valence-corrected chi connectivity index (χ0v) is 19.7. The first-order chi connectivity index (χ1) is 16.9. The Morgan fingerprint density at radius 2 is 1.06 bits per heavy atom. The summed E-state index contributed by atoms with van der Waals surface area (Å²) in [6.45, 7) is 5.17. The van der Waals surface area contributed by atoms with E-state index in [2.05, 4.69) is 10.6 Å². The lowest BCUT2D eigenvalue weighted by Crippen LogP contribution is -2.15. The normalized spacial score (nSPS) is 10.3. The number of amides is 2. The van der Waals surface area contributed by atoms with Crippen LogP contribution in [0, 0.1) is 0 Å². The van der Waals surface area contributed by atoms with E-state index >= 15 is 0 Å². The molecule has 0 saturated carbocycles. The van der Waals surface area contributed by atoms with E-state index in [1.54, 1.807) is 48.5 Å². The molecule has 3 rings (SSSR count). The van der Waals surface area contributed by atoms with Gasteiger partial charge in [-0.1, -0.05) is 13.8 Å². The highest BCUT2D eigenvalue weighted by Gasteiger charge is 2.13. The second kappa shape index (κ2) is 12.2. The standard InChI is InChI=1S/C27H28N2O6/c1-3-13-34-23-9-5-18(6-10-23)25(30)28-21-15-20(27(32)33)16-22(17-21)29-26(31)19-7-11-24(12-8-19)35-14-4-2/h5-12,15-17H,3-4,13-14H2,1-2H3,(H,28,30)(H,29,31)(H,32,33). The van der Waals surface area contributed by atoms with E-state index in [1.165, 1.54) is 18.2 Å².